The van der Waals surface area contributed by atoms with Crippen molar-refractivity contribution in [1.82, 2.24) is 20.5 Å². The molecule has 0 unspecified atom stereocenters. The molecule has 0 radical (unpaired) electrons. The maximum Gasteiger partial charge on any atom is 0.244 e. The Hall–Kier alpha value is -2.90. The Bertz CT molecular complexity index is 797. The Kier molecular flexibility index (Phi) is 7.00. The van der Waals surface area contributed by atoms with Crippen molar-refractivity contribution in [3.63, 3.8) is 0 Å². The second kappa shape index (κ2) is 9.87. The Morgan fingerprint density at radius 2 is 2.00 bits per heavy atom. The first-order chi connectivity index (χ1) is 13.7. The van der Waals surface area contributed by atoms with Gasteiger partial charge in [0.1, 0.15) is 18.6 Å². The number of likely N-dealkylation sites (tertiary alicyclic amines) is 1. The van der Waals surface area contributed by atoms with E-state index in [2.05, 4.69) is 20.6 Å². The number of halogens is 1. The fourth-order valence-electron chi connectivity index (χ4n) is 3.01. The van der Waals surface area contributed by atoms with Crippen molar-refractivity contribution < 1.29 is 13.6 Å². The highest BCUT2D eigenvalue weighted by Gasteiger charge is 2.17. The maximum absolute atomic E-state index is 13.0. The number of guanidine groups is 1. The molecule has 1 amide bonds. The highest BCUT2D eigenvalue weighted by Crippen LogP contribution is 2.18. The molecule has 3 rings (SSSR count). The van der Waals surface area contributed by atoms with E-state index < -0.39 is 0 Å². The van der Waals surface area contributed by atoms with Crippen LogP contribution in [0, 0.1) is 5.82 Å². The van der Waals surface area contributed by atoms with Gasteiger partial charge in [0.2, 0.25) is 11.8 Å². The fraction of sp³-hybridized carbons (Fsp3) is 0.450. The molecule has 28 heavy (non-hydrogen) atoms. The molecule has 1 saturated heterocycles. The summed E-state index contributed by atoms with van der Waals surface area (Å²) < 4.78 is 18.5. The number of amides is 1. The van der Waals surface area contributed by atoms with Gasteiger partial charge < -0.3 is 20.0 Å². The van der Waals surface area contributed by atoms with E-state index in [4.69, 9.17) is 4.42 Å². The van der Waals surface area contributed by atoms with Gasteiger partial charge in [-0.25, -0.2) is 14.4 Å². The number of hydrogen-bond donors (Lipinski definition) is 2. The van der Waals surface area contributed by atoms with E-state index in [1.54, 1.807) is 18.4 Å². The highest BCUT2D eigenvalue weighted by atomic mass is 19.1. The number of aliphatic imine (C=N–C) groups is 1. The Morgan fingerprint density at radius 1 is 1.25 bits per heavy atom. The molecule has 2 aromatic rings. The molecule has 1 aromatic heterocycles. The third-order valence-electron chi connectivity index (χ3n) is 4.49. The minimum atomic E-state index is -0.293. The summed E-state index contributed by atoms with van der Waals surface area (Å²) in [5, 5.41) is 6.35. The van der Waals surface area contributed by atoms with E-state index in [1.807, 2.05) is 11.8 Å². The summed E-state index contributed by atoms with van der Waals surface area (Å²) in [6, 6.07) is 6.03. The zero-order valence-electron chi connectivity index (χ0n) is 16.1. The summed E-state index contributed by atoms with van der Waals surface area (Å²) >= 11 is 0. The van der Waals surface area contributed by atoms with Crippen LogP contribution in [0.1, 0.15) is 25.5 Å². The number of rotatable bonds is 7. The molecule has 1 aliphatic heterocycles. The molecule has 0 spiro atoms. The van der Waals surface area contributed by atoms with Gasteiger partial charge in [0.15, 0.2) is 5.96 Å². The number of carbonyl (C=O) groups excluding carboxylic acids is 1. The van der Waals surface area contributed by atoms with Gasteiger partial charge in [0.25, 0.3) is 0 Å². The number of carbonyl (C=O) groups is 1. The first-order valence-corrected chi connectivity index (χ1v) is 9.66. The predicted octanol–water partition coefficient (Wildman–Crippen LogP) is 2.20. The molecule has 2 heterocycles. The SMILES string of the molecule is CCNC(=NCC(=O)N1CCCC1)NCCc1coc(-c2ccc(F)cc2)n1. The summed E-state index contributed by atoms with van der Waals surface area (Å²) in [5.74, 6) is 0.845. The molecule has 1 fully saturated rings. The van der Waals surface area contributed by atoms with Crippen LogP contribution in [-0.2, 0) is 11.2 Å². The van der Waals surface area contributed by atoms with Gasteiger partial charge in [-0.15, -0.1) is 0 Å². The van der Waals surface area contributed by atoms with Gasteiger partial charge in [0, 0.05) is 38.2 Å². The molecular formula is C20H26FN5O2. The van der Waals surface area contributed by atoms with Gasteiger partial charge in [-0.3, -0.25) is 4.79 Å². The second-order valence-electron chi connectivity index (χ2n) is 6.61. The average molecular weight is 387 g/mol. The van der Waals surface area contributed by atoms with E-state index in [0.29, 0.717) is 31.4 Å². The van der Waals surface area contributed by atoms with Gasteiger partial charge in [-0.1, -0.05) is 0 Å². The lowest BCUT2D eigenvalue weighted by Gasteiger charge is -2.15. The minimum Gasteiger partial charge on any atom is -0.444 e. The largest absolute Gasteiger partial charge is 0.444 e. The number of nitrogens with one attached hydrogen (secondary N) is 2. The molecule has 150 valence electrons. The van der Waals surface area contributed by atoms with Crippen molar-refractivity contribution in [3.8, 4) is 11.5 Å². The molecule has 7 nitrogen and oxygen atoms in total. The first kappa shape index (κ1) is 19.9. The van der Waals surface area contributed by atoms with Crippen LogP contribution in [0.3, 0.4) is 0 Å². The predicted molar refractivity (Wildman–Crippen MR) is 105 cm³/mol. The Balaban J connectivity index is 1.49. The van der Waals surface area contributed by atoms with Crippen molar-refractivity contribution >= 4 is 11.9 Å². The van der Waals surface area contributed by atoms with Crippen LogP contribution in [-0.4, -0.2) is 54.5 Å². The van der Waals surface area contributed by atoms with Gasteiger partial charge in [-0.2, -0.15) is 0 Å². The van der Waals surface area contributed by atoms with Crippen LogP contribution >= 0.6 is 0 Å². The summed E-state index contributed by atoms with van der Waals surface area (Å²) in [6.07, 6.45) is 4.38. The quantitative estimate of drug-likeness (QED) is 0.562. The molecule has 1 aliphatic rings. The third-order valence-corrected chi connectivity index (χ3v) is 4.49. The molecule has 0 aliphatic carbocycles. The highest BCUT2D eigenvalue weighted by molar-refractivity contribution is 5.85. The number of benzene rings is 1. The molecule has 8 heteroatoms. The minimum absolute atomic E-state index is 0.0649. The molecule has 0 saturated carbocycles. The number of oxazole rings is 1. The second-order valence-corrected chi connectivity index (χ2v) is 6.61. The number of nitrogens with zero attached hydrogens (tertiary/aromatic N) is 3. The standard InChI is InChI=1S/C20H26FN5O2/c1-2-22-20(24-13-18(27)26-11-3-4-12-26)23-10-9-17-14-28-19(25-17)15-5-7-16(21)8-6-15/h5-8,14H,2-4,9-13H2,1H3,(H2,22,23,24). The van der Waals surface area contributed by atoms with Crippen LogP contribution in [0.25, 0.3) is 11.5 Å². The van der Waals surface area contributed by atoms with Crippen LogP contribution in [0.5, 0.6) is 0 Å². The van der Waals surface area contributed by atoms with Crippen molar-refractivity contribution in [2.24, 2.45) is 4.99 Å². The molecule has 0 atom stereocenters. The molecule has 0 bridgehead atoms. The fourth-order valence-corrected chi connectivity index (χ4v) is 3.01. The van der Waals surface area contributed by atoms with Crippen LogP contribution in [0.15, 0.2) is 39.9 Å². The normalized spacial score (nSPS) is 14.4. The number of aromatic nitrogens is 1. The summed E-state index contributed by atoms with van der Waals surface area (Å²) in [4.78, 5) is 22.8. The van der Waals surface area contributed by atoms with Crippen LogP contribution < -0.4 is 10.6 Å². The lowest BCUT2D eigenvalue weighted by atomic mass is 10.2. The zero-order chi connectivity index (χ0) is 19.8. The van der Waals surface area contributed by atoms with Gasteiger partial charge in [-0.05, 0) is 44.0 Å². The first-order valence-electron chi connectivity index (χ1n) is 9.66. The van der Waals surface area contributed by atoms with Crippen molar-refractivity contribution in [2.45, 2.75) is 26.2 Å². The lowest BCUT2D eigenvalue weighted by Crippen LogP contribution is -2.39. The van der Waals surface area contributed by atoms with Crippen molar-refractivity contribution in [3.05, 3.63) is 42.0 Å². The summed E-state index contributed by atoms with van der Waals surface area (Å²) in [7, 11) is 0. The van der Waals surface area contributed by atoms with E-state index >= 15 is 0 Å². The Morgan fingerprint density at radius 3 is 2.71 bits per heavy atom. The molecular weight excluding hydrogens is 361 g/mol. The topological polar surface area (TPSA) is 82.8 Å². The van der Waals surface area contributed by atoms with E-state index in [1.165, 1.54) is 12.1 Å². The van der Waals surface area contributed by atoms with E-state index in [9.17, 15) is 9.18 Å². The van der Waals surface area contributed by atoms with Crippen LogP contribution in [0.2, 0.25) is 0 Å². The summed E-state index contributed by atoms with van der Waals surface area (Å²) in [6.45, 7) is 5.10. The van der Waals surface area contributed by atoms with Crippen molar-refractivity contribution in [2.75, 3.05) is 32.7 Å². The smallest absolute Gasteiger partial charge is 0.244 e. The third kappa shape index (κ3) is 5.55. The van der Waals surface area contributed by atoms with E-state index in [-0.39, 0.29) is 18.3 Å². The van der Waals surface area contributed by atoms with Gasteiger partial charge in [0.05, 0.1) is 5.69 Å². The summed E-state index contributed by atoms with van der Waals surface area (Å²) in [5.41, 5.74) is 1.52. The van der Waals surface area contributed by atoms with Crippen LogP contribution in [0.4, 0.5) is 4.39 Å². The molecule has 1 aromatic carbocycles. The Labute approximate surface area is 164 Å². The van der Waals surface area contributed by atoms with Crippen molar-refractivity contribution in [1.29, 1.82) is 0 Å². The number of hydrogen-bond acceptors (Lipinski definition) is 4. The average Bonchev–Trinajstić information content (AvgIpc) is 3.39. The lowest BCUT2D eigenvalue weighted by molar-refractivity contribution is -0.128. The maximum atomic E-state index is 13.0. The zero-order valence-corrected chi connectivity index (χ0v) is 16.1. The molecule has 2 N–H and O–H groups in total. The monoisotopic (exact) mass is 387 g/mol. The van der Waals surface area contributed by atoms with Gasteiger partial charge >= 0.3 is 0 Å². The van der Waals surface area contributed by atoms with E-state index in [0.717, 1.165) is 37.2 Å².